The maximum absolute atomic E-state index is 10.8. The highest BCUT2D eigenvalue weighted by Gasteiger charge is 2.55. The van der Waals surface area contributed by atoms with Crippen molar-refractivity contribution in [3.8, 4) is 0 Å². The molecule has 1 aliphatic carbocycles. The Bertz CT molecular complexity index is 927. The predicted molar refractivity (Wildman–Crippen MR) is 125 cm³/mol. The molecule has 1 unspecified atom stereocenters. The van der Waals surface area contributed by atoms with Gasteiger partial charge >= 0.3 is 0 Å². The van der Waals surface area contributed by atoms with Gasteiger partial charge in [-0.2, -0.15) is 0 Å². The molecule has 2 fully saturated rings. The van der Waals surface area contributed by atoms with Crippen molar-refractivity contribution >= 4 is 11.6 Å². The number of halogens is 1. The highest BCUT2D eigenvalue weighted by molar-refractivity contribution is 6.31. The van der Waals surface area contributed by atoms with Crippen LogP contribution in [0.4, 0.5) is 0 Å². The summed E-state index contributed by atoms with van der Waals surface area (Å²) in [7, 11) is 1.35. The van der Waals surface area contributed by atoms with Gasteiger partial charge in [0.1, 0.15) is 24.4 Å². The average molecular weight is 477 g/mol. The van der Waals surface area contributed by atoms with E-state index in [1.54, 1.807) is 18.2 Å². The van der Waals surface area contributed by atoms with Crippen molar-refractivity contribution in [3.05, 3.63) is 69.7 Å². The summed E-state index contributed by atoms with van der Waals surface area (Å²) in [5.41, 5.74) is 3.75. The summed E-state index contributed by atoms with van der Waals surface area (Å²) in [6, 6.07) is 13.8. The molecule has 33 heavy (non-hydrogen) atoms. The molecular formula is C26H33ClO6. The van der Waals surface area contributed by atoms with Gasteiger partial charge in [0.15, 0.2) is 0 Å². The highest BCUT2D eigenvalue weighted by atomic mass is 35.5. The Balaban J connectivity index is 1.59. The van der Waals surface area contributed by atoms with Gasteiger partial charge in [0, 0.05) is 17.7 Å². The third-order valence-electron chi connectivity index (χ3n) is 7.15. The zero-order chi connectivity index (χ0) is 23.6. The van der Waals surface area contributed by atoms with Gasteiger partial charge in [0.2, 0.25) is 5.79 Å². The molecule has 4 rings (SSSR count). The van der Waals surface area contributed by atoms with Crippen molar-refractivity contribution in [1.29, 1.82) is 0 Å². The molecule has 1 heterocycles. The second-order valence-corrected chi connectivity index (χ2v) is 9.60. The van der Waals surface area contributed by atoms with E-state index in [4.69, 9.17) is 21.1 Å². The third kappa shape index (κ3) is 4.84. The fourth-order valence-electron chi connectivity index (χ4n) is 5.16. The predicted octanol–water partition coefficient (Wildman–Crippen LogP) is 3.25. The molecule has 180 valence electrons. The number of hydrogen-bond acceptors (Lipinski definition) is 6. The smallest absolute Gasteiger partial charge is 0.224 e. The van der Waals surface area contributed by atoms with Crippen molar-refractivity contribution in [2.24, 2.45) is 0 Å². The van der Waals surface area contributed by atoms with Gasteiger partial charge in [0.25, 0.3) is 0 Å². The van der Waals surface area contributed by atoms with Crippen LogP contribution in [0.25, 0.3) is 0 Å². The van der Waals surface area contributed by atoms with Crippen LogP contribution >= 0.6 is 11.6 Å². The maximum atomic E-state index is 10.8. The summed E-state index contributed by atoms with van der Waals surface area (Å²) in [6.45, 7) is -0.538. The molecule has 5 atom stereocenters. The lowest BCUT2D eigenvalue weighted by Crippen LogP contribution is -2.64. The summed E-state index contributed by atoms with van der Waals surface area (Å²) in [4.78, 5) is 0. The quantitative estimate of drug-likeness (QED) is 0.511. The van der Waals surface area contributed by atoms with E-state index in [9.17, 15) is 20.4 Å². The first-order valence-corrected chi connectivity index (χ1v) is 12.0. The number of methoxy groups -OCH3 is 1. The van der Waals surface area contributed by atoms with Crippen LogP contribution in [0.2, 0.25) is 5.02 Å². The maximum Gasteiger partial charge on any atom is 0.224 e. The second kappa shape index (κ2) is 10.4. The minimum Gasteiger partial charge on any atom is -0.394 e. The first-order valence-electron chi connectivity index (χ1n) is 11.7. The minimum absolute atomic E-state index is 0.445. The van der Waals surface area contributed by atoms with Crippen molar-refractivity contribution in [2.75, 3.05) is 13.7 Å². The fraction of sp³-hybridized carbons (Fsp3) is 0.538. The molecule has 2 aromatic rings. The molecule has 1 saturated carbocycles. The van der Waals surface area contributed by atoms with E-state index in [2.05, 4.69) is 24.3 Å². The molecule has 1 saturated heterocycles. The summed E-state index contributed by atoms with van der Waals surface area (Å²) in [5, 5.41) is 41.4. The van der Waals surface area contributed by atoms with Crippen LogP contribution in [-0.4, -0.2) is 58.6 Å². The summed E-state index contributed by atoms with van der Waals surface area (Å²) >= 11 is 6.50. The Hall–Kier alpha value is -1.51. The summed E-state index contributed by atoms with van der Waals surface area (Å²) < 4.78 is 11.4. The number of aliphatic hydroxyl groups excluding tert-OH is 4. The molecule has 0 spiro atoms. The number of ether oxygens (including phenoxy) is 2. The number of rotatable bonds is 6. The van der Waals surface area contributed by atoms with Gasteiger partial charge in [-0.05, 0) is 54.0 Å². The van der Waals surface area contributed by atoms with Crippen LogP contribution in [0.1, 0.15) is 60.3 Å². The molecule has 0 bridgehead atoms. The lowest BCUT2D eigenvalue weighted by Gasteiger charge is -2.47. The SMILES string of the molecule is COC1(c2ccc(Cl)c(Cc3ccc(C4CCCCC4)cc3)c2)O[C@H](CO)[C@@H](O)[C@H](O)[C@H]1O. The Labute approximate surface area is 199 Å². The van der Waals surface area contributed by atoms with Gasteiger partial charge in [0.05, 0.1) is 6.61 Å². The molecule has 7 heteroatoms. The molecule has 0 aromatic heterocycles. The van der Waals surface area contributed by atoms with Gasteiger partial charge in [-0.3, -0.25) is 0 Å². The number of aliphatic hydroxyl groups is 4. The zero-order valence-corrected chi connectivity index (χ0v) is 19.6. The Morgan fingerprint density at radius 1 is 1.00 bits per heavy atom. The van der Waals surface area contributed by atoms with Gasteiger partial charge in [-0.15, -0.1) is 0 Å². The van der Waals surface area contributed by atoms with E-state index in [1.807, 2.05) is 0 Å². The van der Waals surface area contributed by atoms with Crippen LogP contribution in [0.3, 0.4) is 0 Å². The summed E-state index contributed by atoms with van der Waals surface area (Å²) in [6.07, 6.45) is 1.33. The van der Waals surface area contributed by atoms with E-state index in [1.165, 1.54) is 44.8 Å². The average Bonchev–Trinajstić information content (AvgIpc) is 2.85. The van der Waals surface area contributed by atoms with Crippen LogP contribution < -0.4 is 0 Å². The lowest BCUT2D eigenvalue weighted by atomic mass is 9.83. The highest BCUT2D eigenvalue weighted by Crippen LogP contribution is 2.40. The normalized spacial score (nSPS) is 31.0. The first kappa shape index (κ1) is 24.6. The molecule has 0 amide bonds. The van der Waals surface area contributed by atoms with E-state index in [-0.39, 0.29) is 0 Å². The van der Waals surface area contributed by atoms with Gasteiger partial charge < -0.3 is 29.9 Å². The fourth-order valence-corrected chi connectivity index (χ4v) is 5.34. The van der Waals surface area contributed by atoms with E-state index in [0.717, 1.165) is 11.1 Å². The topological polar surface area (TPSA) is 99.4 Å². The van der Waals surface area contributed by atoms with Crippen LogP contribution in [-0.2, 0) is 21.7 Å². The van der Waals surface area contributed by atoms with Crippen LogP contribution in [0, 0.1) is 0 Å². The molecule has 2 aliphatic rings. The van der Waals surface area contributed by atoms with Crippen molar-refractivity contribution in [2.45, 2.75) is 74.6 Å². The third-order valence-corrected chi connectivity index (χ3v) is 7.52. The van der Waals surface area contributed by atoms with E-state index >= 15 is 0 Å². The van der Waals surface area contributed by atoms with Crippen molar-refractivity contribution < 1.29 is 29.9 Å². The minimum atomic E-state index is -1.75. The Morgan fingerprint density at radius 3 is 2.33 bits per heavy atom. The van der Waals surface area contributed by atoms with Crippen molar-refractivity contribution in [1.82, 2.24) is 0 Å². The van der Waals surface area contributed by atoms with Crippen molar-refractivity contribution in [3.63, 3.8) is 0 Å². The standard InChI is InChI=1S/C26H33ClO6/c1-32-26(25(31)24(30)23(29)22(15-28)33-26)20-11-12-21(27)19(14-20)13-16-7-9-18(10-8-16)17-5-3-2-4-6-17/h7-12,14,17,22-25,28-31H,2-6,13,15H2,1H3/t22-,23-,24+,25-,26?/m1/s1. The Kier molecular flexibility index (Phi) is 7.76. The van der Waals surface area contributed by atoms with E-state index in [0.29, 0.717) is 22.9 Å². The second-order valence-electron chi connectivity index (χ2n) is 9.20. The first-order chi connectivity index (χ1) is 15.9. The largest absolute Gasteiger partial charge is 0.394 e. The lowest BCUT2D eigenvalue weighted by molar-refractivity contribution is -0.366. The Morgan fingerprint density at radius 2 is 1.70 bits per heavy atom. The molecule has 0 radical (unpaired) electrons. The molecule has 4 N–H and O–H groups in total. The number of benzene rings is 2. The molecule has 6 nitrogen and oxygen atoms in total. The van der Waals surface area contributed by atoms with Gasteiger partial charge in [-0.25, -0.2) is 0 Å². The summed E-state index contributed by atoms with van der Waals surface area (Å²) in [5.74, 6) is -1.11. The molecule has 2 aromatic carbocycles. The molecule has 1 aliphatic heterocycles. The number of hydrogen-bond donors (Lipinski definition) is 4. The van der Waals surface area contributed by atoms with Gasteiger partial charge in [-0.1, -0.05) is 61.2 Å². The van der Waals surface area contributed by atoms with Crippen LogP contribution in [0.15, 0.2) is 42.5 Å². The zero-order valence-electron chi connectivity index (χ0n) is 18.9. The molecular weight excluding hydrogens is 444 g/mol. The van der Waals surface area contributed by atoms with E-state index < -0.39 is 36.8 Å². The van der Waals surface area contributed by atoms with Crippen LogP contribution in [0.5, 0.6) is 0 Å². The monoisotopic (exact) mass is 476 g/mol.